The van der Waals surface area contributed by atoms with Gasteiger partial charge in [0.25, 0.3) is 0 Å². The molecular formula is C29H26N2OS. The number of aryl methyl sites for hydroxylation is 2. The van der Waals surface area contributed by atoms with E-state index in [0.717, 1.165) is 43.8 Å². The minimum absolute atomic E-state index is 0.238. The van der Waals surface area contributed by atoms with E-state index in [4.69, 9.17) is 9.40 Å². The molecule has 0 spiro atoms. The van der Waals surface area contributed by atoms with Crippen molar-refractivity contribution in [3.05, 3.63) is 71.5 Å². The summed E-state index contributed by atoms with van der Waals surface area (Å²) in [5.41, 5.74) is 8.96. The maximum absolute atomic E-state index is 6.30. The summed E-state index contributed by atoms with van der Waals surface area (Å²) in [5.74, 6) is 0. The van der Waals surface area contributed by atoms with E-state index in [2.05, 4.69) is 88.1 Å². The predicted octanol–water partition coefficient (Wildman–Crippen LogP) is 8.62. The lowest BCUT2D eigenvalue weighted by Crippen LogP contribution is -2.08. The van der Waals surface area contributed by atoms with Gasteiger partial charge in [0.1, 0.15) is 17.4 Å². The molecule has 6 rings (SSSR count). The molecule has 0 aliphatic rings. The first-order valence-electron chi connectivity index (χ1n) is 11.4. The lowest BCUT2D eigenvalue weighted by Gasteiger charge is -2.17. The van der Waals surface area contributed by atoms with E-state index >= 15 is 0 Å². The number of benzene rings is 3. The highest BCUT2D eigenvalue weighted by Crippen LogP contribution is 2.43. The van der Waals surface area contributed by atoms with Gasteiger partial charge in [-0.05, 0) is 71.3 Å². The van der Waals surface area contributed by atoms with Crippen molar-refractivity contribution in [1.29, 1.82) is 0 Å². The molecule has 0 N–H and O–H groups in total. The predicted molar refractivity (Wildman–Crippen MR) is 140 cm³/mol. The second-order valence-electron chi connectivity index (χ2n) is 10.3. The van der Waals surface area contributed by atoms with Crippen molar-refractivity contribution in [2.24, 2.45) is 5.41 Å². The molecule has 0 aliphatic heterocycles. The summed E-state index contributed by atoms with van der Waals surface area (Å²) in [5, 5.41) is 3.66. The second kappa shape index (κ2) is 7.13. The van der Waals surface area contributed by atoms with E-state index in [1.807, 2.05) is 0 Å². The fraction of sp³-hybridized carbons (Fsp3) is 0.241. The molecule has 0 bridgehead atoms. The SMILES string of the molecule is Cc1cc2ccc(-c3ncnc4c3sc3c5cc(CC(C)(C)C)ccc5oc43)cc2cc1C. The highest BCUT2D eigenvalue weighted by molar-refractivity contribution is 7.27. The molecule has 4 heteroatoms. The molecule has 0 radical (unpaired) electrons. The monoisotopic (exact) mass is 450 g/mol. The Morgan fingerprint density at radius 2 is 1.64 bits per heavy atom. The van der Waals surface area contributed by atoms with Crippen LogP contribution in [0.25, 0.3) is 53.5 Å². The minimum atomic E-state index is 0.238. The lowest BCUT2D eigenvalue weighted by atomic mass is 9.88. The van der Waals surface area contributed by atoms with Gasteiger partial charge in [-0.2, -0.15) is 0 Å². The van der Waals surface area contributed by atoms with Gasteiger partial charge in [0.2, 0.25) is 0 Å². The van der Waals surface area contributed by atoms with Gasteiger partial charge in [0.15, 0.2) is 5.58 Å². The minimum Gasteiger partial charge on any atom is -0.453 e. The van der Waals surface area contributed by atoms with Crippen LogP contribution in [0, 0.1) is 19.3 Å². The maximum Gasteiger partial charge on any atom is 0.172 e. The number of rotatable bonds is 2. The molecule has 33 heavy (non-hydrogen) atoms. The summed E-state index contributed by atoms with van der Waals surface area (Å²) < 4.78 is 8.54. The zero-order chi connectivity index (χ0) is 22.9. The molecule has 3 aromatic heterocycles. The Bertz CT molecular complexity index is 1700. The van der Waals surface area contributed by atoms with E-state index in [1.165, 1.54) is 32.8 Å². The lowest BCUT2D eigenvalue weighted by molar-refractivity contribution is 0.411. The van der Waals surface area contributed by atoms with Crippen molar-refractivity contribution in [1.82, 2.24) is 9.97 Å². The van der Waals surface area contributed by atoms with Gasteiger partial charge in [0.05, 0.1) is 15.1 Å². The first kappa shape index (κ1) is 20.4. The van der Waals surface area contributed by atoms with Gasteiger partial charge in [0, 0.05) is 10.9 Å². The van der Waals surface area contributed by atoms with Crippen molar-refractivity contribution >= 4 is 53.6 Å². The Labute approximate surface area is 197 Å². The maximum atomic E-state index is 6.30. The number of hydrogen-bond donors (Lipinski definition) is 0. The first-order chi connectivity index (χ1) is 15.8. The van der Waals surface area contributed by atoms with Crippen LogP contribution in [-0.4, -0.2) is 9.97 Å². The first-order valence-corrected chi connectivity index (χ1v) is 12.2. The van der Waals surface area contributed by atoms with Crippen LogP contribution in [-0.2, 0) is 6.42 Å². The number of furan rings is 1. The zero-order valence-electron chi connectivity index (χ0n) is 19.6. The van der Waals surface area contributed by atoms with Gasteiger partial charge < -0.3 is 4.42 Å². The van der Waals surface area contributed by atoms with Gasteiger partial charge in [-0.15, -0.1) is 11.3 Å². The van der Waals surface area contributed by atoms with Crippen LogP contribution in [0.5, 0.6) is 0 Å². The van der Waals surface area contributed by atoms with Crippen LogP contribution in [0.1, 0.15) is 37.5 Å². The quantitative estimate of drug-likeness (QED) is 0.265. The molecule has 3 nitrogen and oxygen atoms in total. The zero-order valence-corrected chi connectivity index (χ0v) is 20.4. The molecule has 0 unspecified atom stereocenters. The molecule has 0 aliphatic carbocycles. The molecule has 164 valence electrons. The Kier molecular flexibility index (Phi) is 4.40. The van der Waals surface area contributed by atoms with Gasteiger partial charge in [-0.25, -0.2) is 9.97 Å². The molecule has 0 saturated heterocycles. The molecule has 3 heterocycles. The Morgan fingerprint density at radius 3 is 2.42 bits per heavy atom. The number of fused-ring (bicyclic) bond motifs is 6. The van der Waals surface area contributed by atoms with Crippen LogP contribution in [0.15, 0.2) is 59.3 Å². The van der Waals surface area contributed by atoms with E-state index in [1.54, 1.807) is 17.7 Å². The van der Waals surface area contributed by atoms with E-state index < -0.39 is 0 Å². The van der Waals surface area contributed by atoms with Crippen molar-refractivity contribution in [2.75, 3.05) is 0 Å². The summed E-state index contributed by atoms with van der Waals surface area (Å²) in [7, 11) is 0. The summed E-state index contributed by atoms with van der Waals surface area (Å²) in [6, 6.07) is 17.7. The van der Waals surface area contributed by atoms with Crippen molar-refractivity contribution < 1.29 is 4.42 Å². The largest absolute Gasteiger partial charge is 0.453 e. The molecule has 0 saturated carbocycles. The third-order valence-corrected chi connectivity index (χ3v) is 7.59. The second-order valence-corrected chi connectivity index (χ2v) is 11.3. The molecule has 0 fully saturated rings. The molecule has 3 aromatic carbocycles. The van der Waals surface area contributed by atoms with E-state index in [-0.39, 0.29) is 5.41 Å². The number of thiophene rings is 1. The van der Waals surface area contributed by atoms with E-state index in [0.29, 0.717) is 0 Å². The summed E-state index contributed by atoms with van der Waals surface area (Å²) in [6.07, 6.45) is 2.69. The highest BCUT2D eigenvalue weighted by atomic mass is 32.1. The van der Waals surface area contributed by atoms with Crippen LogP contribution in [0.3, 0.4) is 0 Å². The number of nitrogens with zero attached hydrogens (tertiary/aromatic N) is 2. The van der Waals surface area contributed by atoms with Crippen LogP contribution in [0.4, 0.5) is 0 Å². The number of hydrogen-bond acceptors (Lipinski definition) is 4. The summed E-state index contributed by atoms with van der Waals surface area (Å²) in [4.78, 5) is 9.33. The molecule has 0 amide bonds. The molecular weight excluding hydrogens is 424 g/mol. The standard InChI is InChI=1S/C29H26N2OS/c1-16-10-19-7-8-20(13-21(19)11-17(16)2)24-28-25(31-15-30-24)26-27(33-28)22-12-18(14-29(3,4)5)6-9-23(22)32-26/h6-13,15H,14H2,1-5H3. The smallest absolute Gasteiger partial charge is 0.172 e. The molecule has 6 aromatic rings. The third kappa shape index (κ3) is 3.41. The van der Waals surface area contributed by atoms with Crippen LogP contribution in [0.2, 0.25) is 0 Å². The van der Waals surface area contributed by atoms with Crippen molar-refractivity contribution in [3.8, 4) is 11.3 Å². The molecule has 0 atom stereocenters. The fourth-order valence-corrected chi connectivity index (χ4v) is 5.93. The average molecular weight is 451 g/mol. The van der Waals surface area contributed by atoms with Crippen molar-refractivity contribution in [2.45, 2.75) is 41.0 Å². The summed E-state index contributed by atoms with van der Waals surface area (Å²) >= 11 is 1.74. The third-order valence-electron chi connectivity index (χ3n) is 6.39. The number of aromatic nitrogens is 2. The van der Waals surface area contributed by atoms with Gasteiger partial charge >= 0.3 is 0 Å². The van der Waals surface area contributed by atoms with Crippen LogP contribution < -0.4 is 0 Å². The van der Waals surface area contributed by atoms with Crippen molar-refractivity contribution in [3.63, 3.8) is 0 Å². The Balaban J connectivity index is 1.55. The van der Waals surface area contributed by atoms with Gasteiger partial charge in [-0.3, -0.25) is 0 Å². The average Bonchev–Trinajstić information content (AvgIpc) is 3.29. The van der Waals surface area contributed by atoms with Crippen LogP contribution >= 0.6 is 11.3 Å². The van der Waals surface area contributed by atoms with Gasteiger partial charge in [-0.1, -0.05) is 51.1 Å². The summed E-state index contributed by atoms with van der Waals surface area (Å²) in [6.45, 7) is 11.1. The highest BCUT2D eigenvalue weighted by Gasteiger charge is 2.20. The normalized spacial score (nSPS) is 12.5. The fourth-order valence-electron chi connectivity index (χ4n) is 4.71. The topological polar surface area (TPSA) is 38.9 Å². The Morgan fingerprint density at radius 1 is 0.848 bits per heavy atom. The Hall–Kier alpha value is -3.24. The van der Waals surface area contributed by atoms with E-state index in [9.17, 15) is 0 Å².